The minimum Gasteiger partial charge on any atom is -0.399 e. The van der Waals surface area contributed by atoms with Crippen molar-refractivity contribution < 1.29 is 9.31 Å². The molecule has 0 bridgehead atoms. The van der Waals surface area contributed by atoms with Gasteiger partial charge in [0, 0.05) is 16.3 Å². The van der Waals surface area contributed by atoms with E-state index in [2.05, 4.69) is 185 Å². The lowest BCUT2D eigenvalue weighted by Crippen LogP contribution is -2.41. The Morgan fingerprint density at radius 3 is 1.83 bits per heavy atom. The van der Waals surface area contributed by atoms with E-state index in [1.807, 2.05) is 0 Å². The van der Waals surface area contributed by atoms with E-state index >= 15 is 0 Å². The van der Waals surface area contributed by atoms with Crippen molar-refractivity contribution in [2.45, 2.75) is 44.3 Å². The van der Waals surface area contributed by atoms with Gasteiger partial charge in [0.2, 0.25) is 0 Å². The fourth-order valence-corrected chi connectivity index (χ4v) is 8.64. The number of aromatic nitrogens is 1. The van der Waals surface area contributed by atoms with Crippen molar-refractivity contribution in [3.8, 4) is 22.4 Å². The molecule has 0 radical (unpaired) electrons. The van der Waals surface area contributed by atoms with Crippen LogP contribution in [-0.2, 0) is 14.7 Å². The largest absolute Gasteiger partial charge is 0.494 e. The summed E-state index contributed by atoms with van der Waals surface area (Å²) in [6.07, 6.45) is 0. The molecular weight excluding hydrogens is 633 g/mol. The van der Waals surface area contributed by atoms with E-state index in [0.717, 1.165) is 43.8 Å². The van der Waals surface area contributed by atoms with Gasteiger partial charge >= 0.3 is 7.12 Å². The second-order valence-electron chi connectivity index (χ2n) is 15.4. The van der Waals surface area contributed by atoms with E-state index in [4.69, 9.17) is 14.3 Å². The molecular formula is C48H38BNO2. The molecule has 4 heteroatoms. The molecule has 3 nitrogen and oxygen atoms in total. The SMILES string of the molecule is CC1(C)OB(c2ccc3cc(-c4nc5ccccc5c5cc6c(cc45)-c4ccccc4C6(c4ccccc4)c4ccccc4)ccc3c2)OC1(C)C. The summed E-state index contributed by atoms with van der Waals surface area (Å²) >= 11 is 0. The van der Waals surface area contributed by atoms with E-state index < -0.39 is 12.5 Å². The molecule has 0 spiro atoms. The first-order valence-electron chi connectivity index (χ1n) is 18.2. The molecule has 2 heterocycles. The maximum atomic E-state index is 6.38. The van der Waals surface area contributed by atoms with Gasteiger partial charge in [0.15, 0.2) is 0 Å². The molecule has 2 aliphatic rings. The van der Waals surface area contributed by atoms with Crippen LogP contribution in [0.1, 0.15) is 49.9 Å². The number of para-hydroxylation sites is 1. The van der Waals surface area contributed by atoms with Crippen LogP contribution >= 0.6 is 0 Å². The zero-order valence-corrected chi connectivity index (χ0v) is 29.9. The molecule has 1 aliphatic heterocycles. The maximum absolute atomic E-state index is 6.38. The van der Waals surface area contributed by atoms with Crippen molar-refractivity contribution in [1.29, 1.82) is 0 Å². The van der Waals surface area contributed by atoms with Gasteiger partial charge in [-0.1, -0.05) is 133 Å². The summed E-state index contributed by atoms with van der Waals surface area (Å²) in [7, 11) is -0.399. The van der Waals surface area contributed by atoms with Crippen LogP contribution in [0, 0.1) is 0 Å². The Balaban J connectivity index is 1.20. The smallest absolute Gasteiger partial charge is 0.399 e. The van der Waals surface area contributed by atoms with Gasteiger partial charge in [0.1, 0.15) is 0 Å². The topological polar surface area (TPSA) is 31.4 Å². The number of hydrogen-bond donors (Lipinski definition) is 0. The zero-order chi connectivity index (χ0) is 35.2. The summed E-state index contributed by atoms with van der Waals surface area (Å²) in [6.45, 7) is 8.38. The number of fused-ring (bicyclic) bond motifs is 7. The minimum atomic E-state index is -0.467. The summed E-state index contributed by atoms with van der Waals surface area (Å²) in [5.74, 6) is 0. The first-order chi connectivity index (χ1) is 25.2. The van der Waals surface area contributed by atoms with Gasteiger partial charge in [-0.25, -0.2) is 4.98 Å². The highest BCUT2D eigenvalue weighted by Crippen LogP contribution is 2.57. The molecule has 1 aromatic heterocycles. The summed E-state index contributed by atoms with van der Waals surface area (Å²) < 4.78 is 12.8. The third kappa shape index (κ3) is 4.44. The molecule has 10 rings (SSSR count). The molecule has 7 aromatic carbocycles. The molecule has 1 aliphatic carbocycles. The molecule has 0 N–H and O–H groups in total. The lowest BCUT2D eigenvalue weighted by Gasteiger charge is -2.34. The van der Waals surface area contributed by atoms with E-state index in [0.29, 0.717) is 0 Å². The van der Waals surface area contributed by atoms with Crippen molar-refractivity contribution in [3.63, 3.8) is 0 Å². The van der Waals surface area contributed by atoms with Crippen molar-refractivity contribution in [2.75, 3.05) is 0 Å². The zero-order valence-electron chi connectivity index (χ0n) is 29.9. The highest BCUT2D eigenvalue weighted by molar-refractivity contribution is 6.62. The molecule has 0 unspecified atom stereocenters. The van der Waals surface area contributed by atoms with Crippen LogP contribution in [0.3, 0.4) is 0 Å². The van der Waals surface area contributed by atoms with Crippen molar-refractivity contribution >= 4 is 45.0 Å². The Morgan fingerprint density at radius 1 is 0.481 bits per heavy atom. The standard InChI is InChI=1S/C48H38BNO2/c1-46(2)47(3,4)52-49(51-46)36-26-25-31-27-33(24-23-32(31)28-36)45-41-29-40-37-19-11-13-21-42(37)48(34-15-7-5-8-16-34,35-17-9-6-10-18-35)43(40)30-39(41)38-20-12-14-22-44(38)50-45/h5-30H,1-4H3. The summed E-state index contributed by atoms with van der Waals surface area (Å²) in [4.78, 5) is 5.39. The van der Waals surface area contributed by atoms with Gasteiger partial charge < -0.3 is 9.31 Å². The Bertz CT molecular complexity index is 2650. The van der Waals surface area contributed by atoms with Crippen LogP contribution in [0.4, 0.5) is 0 Å². The predicted molar refractivity (Wildman–Crippen MR) is 215 cm³/mol. The summed E-state index contributed by atoms with van der Waals surface area (Å²) in [5, 5.41) is 5.81. The highest BCUT2D eigenvalue weighted by atomic mass is 16.7. The van der Waals surface area contributed by atoms with Crippen molar-refractivity contribution in [1.82, 2.24) is 4.98 Å². The third-order valence-corrected chi connectivity index (χ3v) is 11.9. The average Bonchev–Trinajstić information content (AvgIpc) is 3.59. The first kappa shape index (κ1) is 31.2. The summed E-state index contributed by atoms with van der Waals surface area (Å²) in [6, 6.07) is 57.6. The molecule has 1 saturated heterocycles. The number of rotatable bonds is 4. The van der Waals surface area contributed by atoms with Crippen molar-refractivity contribution in [2.24, 2.45) is 0 Å². The second-order valence-corrected chi connectivity index (χ2v) is 15.4. The molecule has 0 saturated carbocycles. The van der Waals surface area contributed by atoms with E-state index in [9.17, 15) is 0 Å². The van der Waals surface area contributed by atoms with E-state index in [-0.39, 0.29) is 11.2 Å². The van der Waals surface area contributed by atoms with Gasteiger partial charge in [-0.2, -0.15) is 0 Å². The Kier molecular flexibility index (Phi) is 6.74. The van der Waals surface area contributed by atoms with Crippen LogP contribution < -0.4 is 5.46 Å². The maximum Gasteiger partial charge on any atom is 0.494 e. The quantitative estimate of drug-likeness (QED) is 0.138. The Hall–Kier alpha value is -5.55. The fraction of sp³-hybridized carbons (Fsp3) is 0.146. The van der Waals surface area contributed by atoms with Crippen LogP contribution in [0.25, 0.3) is 54.8 Å². The number of nitrogens with zero attached hydrogens (tertiary/aromatic N) is 1. The van der Waals surface area contributed by atoms with Crippen molar-refractivity contribution in [3.05, 3.63) is 180 Å². The molecule has 1 fully saturated rings. The molecule has 250 valence electrons. The molecule has 0 amide bonds. The normalized spacial score (nSPS) is 16.7. The Labute approximate surface area is 305 Å². The van der Waals surface area contributed by atoms with Crippen LogP contribution in [0.15, 0.2) is 158 Å². The molecule has 0 atom stereocenters. The van der Waals surface area contributed by atoms with Gasteiger partial charge in [-0.3, -0.25) is 0 Å². The molecule has 52 heavy (non-hydrogen) atoms. The number of hydrogen-bond acceptors (Lipinski definition) is 3. The van der Waals surface area contributed by atoms with Gasteiger partial charge in [-0.15, -0.1) is 0 Å². The van der Waals surface area contributed by atoms with Gasteiger partial charge in [-0.05, 0) is 107 Å². The number of pyridine rings is 1. The third-order valence-electron chi connectivity index (χ3n) is 11.9. The van der Waals surface area contributed by atoms with Crippen LogP contribution in [0.2, 0.25) is 0 Å². The minimum absolute atomic E-state index is 0.387. The van der Waals surface area contributed by atoms with Gasteiger partial charge in [0.05, 0.1) is 27.8 Å². The lowest BCUT2D eigenvalue weighted by atomic mass is 9.67. The van der Waals surface area contributed by atoms with E-state index in [1.54, 1.807) is 0 Å². The Morgan fingerprint density at radius 2 is 1.10 bits per heavy atom. The predicted octanol–water partition coefficient (Wildman–Crippen LogP) is 10.9. The van der Waals surface area contributed by atoms with E-state index in [1.165, 1.54) is 38.8 Å². The monoisotopic (exact) mass is 671 g/mol. The molecule has 8 aromatic rings. The lowest BCUT2D eigenvalue weighted by molar-refractivity contribution is 0.00578. The van der Waals surface area contributed by atoms with Gasteiger partial charge in [0.25, 0.3) is 0 Å². The average molecular weight is 672 g/mol. The summed E-state index contributed by atoms with van der Waals surface area (Å²) in [5.41, 5.74) is 10.5. The fourth-order valence-electron chi connectivity index (χ4n) is 8.64. The second kappa shape index (κ2) is 11.2. The number of benzene rings is 7. The first-order valence-corrected chi connectivity index (χ1v) is 18.2. The van der Waals surface area contributed by atoms with Crippen LogP contribution in [0.5, 0.6) is 0 Å². The highest BCUT2D eigenvalue weighted by Gasteiger charge is 2.52. The van der Waals surface area contributed by atoms with Crippen LogP contribution in [-0.4, -0.2) is 23.3 Å².